The highest BCUT2D eigenvalue weighted by Crippen LogP contribution is 2.09. The molecule has 0 aliphatic heterocycles. The second-order valence-electron chi connectivity index (χ2n) is 3.85. The van der Waals surface area contributed by atoms with Gasteiger partial charge in [0.1, 0.15) is 0 Å². The Kier molecular flexibility index (Phi) is 4.09. The van der Waals surface area contributed by atoms with Crippen LogP contribution in [-0.4, -0.2) is 23.0 Å². The standard InChI is InChI=1S/C13H15N3O2/c1-18-8-10-4-2-3-5-12(10)13(17)15-7-11-6-14-9-16-11/h2-6,9H,7-8H2,1H3,(H,14,16)(H,15,17). The topological polar surface area (TPSA) is 67.0 Å². The molecule has 0 spiro atoms. The van der Waals surface area contributed by atoms with Crippen molar-refractivity contribution in [3.05, 3.63) is 53.6 Å². The largest absolute Gasteiger partial charge is 0.380 e. The molecular weight excluding hydrogens is 230 g/mol. The highest BCUT2D eigenvalue weighted by atomic mass is 16.5. The molecule has 0 atom stereocenters. The highest BCUT2D eigenvalue weighted by Gasteiger charge is 2.10. The average molecular weight is 245 g/mol. The minimum atomic E-state index is -0.114. The Hall–Kier alpha value is -2.14. The molecule has 2 aromatic rings. The molecule has 0 bridgehead atoms. The summed E-state index contributed by atoms with van der Waals surface area (Å²) in [5, 5.41) is 2.83. The van der Waals surface area contributed by atoms with Gasteiger partial charge in [-0.2, -0.15) is 0 Å². The van der Waals surface area contributed by atoms with E-state index in [1.54, 1.807) is 25.7 Å². The molecule has 94 valence electrons. The molecule has 5 heteroatoms. The van der Waals surface area contributed by atoms with Crippen molar-refractivity contribution in [3.63, 3.8) is 0 Å². The molecule has 0 saturated heterocycles. The van der Waals surface area contributed by atoms with Gasteiger partial charge in [-0.05, 0) is 11.6 Å². The maximum atomic E-state index is 12.0. The number of amides is 1. The molecule has 1 aromatic carbocycles. The lowest BCUT2D eigenvalue weighted by molar-refractivity contribution is 0.0945. The first-order valence-electron chi connectivity index (χ1n) is 5.63. The Morgan fingerprint density at radius 3 is 3.00 bits per heavy atom. The fourth-order valence-electron chi connectivity index (χ4n) is 1.68. The van der Waals surface area contributed by atoms with Crippen LogP contribution in [0, 0.1) is 0 Å². The number of nitrogens with zero attached hydrogens (tertiary/aromatic N) is 1. The third-order valence-corrected chi connectivity index (χ3v) is 2.56. The number of methoxy groups -OCH3 is 1. The summed E-state index contributed by atoms with van der Waals surface area (Å²) in [7, 11) is 1.61. The van der Waals surface area contributed by atoms with Crippen LogP contribution in [0.4, 0.5) is 0 Å². The molecule has 0 radical (unpaired) electrons. The van der Waals surface area contributed by atoms with Crippen molar-refractivity contribution >= 4 is 5.91 Å². The van der Waals surface area contributed by atoms with Gasteiger partial charge in [-0.25, -0.2) is 4.98 Å². The van der Waals surface area contributed by atoms with Gasteiger partial charge in [0, 0.05) is 18.9 Å². The van der Waals surface area contributed by atoms with Gasteiger partial charge in [0.25, 0.3) is 5.91 Å². The third kappa shape index (κ3) is 2.95. The van der Waals surface area contributed by atoms with E-state index in [1.807, 2.05) is 18.2 Å². The van der Waals surface area contributed by atoms with Gasteiger partial charge in [0.15, 0.2) is 0 Å². The second kappa shape index (κ2) is 5.97. The summed E-state index contributed by atoms with van der Waals surface area (Å²) in [6.45, 7) is 0.855. The summed E-state index contributed by atoms with van der Waals surface area (Å²) in [6, 6.07) is 7.40. The summed E-state index contributed by atoms with van der Waals surface area (Å²) in [5.41, 5.74) is 2.38. The van der Waals surface area contributed by atoms with E-state index in [-0.39, 0.29) is 5.91 Å². The normalized spacial score (nSPS) is 10.3. The fraction of sp³-hybridized carbons (Fsp3) is 0.231. The molecule has 0 aliphatic carbocycles. The van der Waals surface area contributed by atoms with Gasteiger partial charge < -0.3 is 15.0 Å². The van der Waals surface area contributed by atoms with Crippen LogP contribution < -0.4 is 5.32 Å². The van der Waals surface area contributed by atoms with Gasteiger partial charge in [-0.1, -0.05) is 18.2 Å². The van der Waals surface area contributed by atoms with Crippen molar-refractivity contribution < 1.29 is 9.53 Å². The van der Waals surface area contributed by atoms with Gasteiger partial charge in [0.05, 0.1) is 25.2 Å². The molecule has 1 amide bonds. The molecule has 0 saturated carbocycles. The van der Waals surface area contributed by atoms with Crippen LogP contribution in [0.25, 0.3) is 0 Å². The van der Waals surface area contributed by atoms with Crippen LogP contribution in [0.3, 0.4) is 0 Å². The number of imidazole rings is 1. The van der Waals surface area contributed by atoms with E-state index in [2.05, 4.69) is 15.3 Å². The monoisotopic (exact) mass is 245 g/mol. The summed E-state index contributed by atoms with van der Waals surface area (Å²) >= 11 is 0. The van der Waals surface area contributed by atoms with Crippen LogP contribution in [0.5, 0.6) is 0 Å². The van der Waals surface area contributed by atoms with Crippen molar-refractivity contribution in [3.8, 4) is 0 Å². The Balaban J connectivity index is 2.04. The maximum absolute atomic E-state index is 12.0. The zero-order chi connectivity index (χ0) is 12.8. The number of nitrogens with one attached hydrogen (secondary N) is 2. The zero-order valence-corrected chi connectivity index (χ0v) is 10.1. The third-order valence-electron chi connectivity index (χ3n) is 2.56. The molecular formula is C13H15N3O2. The number of hydrogen-bond donors (Lipinski definition) is 2. The molecule has 1 heterocycles. The SMILES string of the molecule is COCc1ccccc1C(=O)NCc1cnc[nH]1. The number of carbonyl (C=O) groups is 1. The van der Waals surface area contributed by atoms with Crippen LogP contribution in [-0.2, 0) is 17.9 Å². The fourth-order valence-corrected chi connectivity index (χ4v) is 1.68. The molecule has 18 heavy (non-hydrogen) atoms. The van der Waals surface area contributed by atoms with E-state index in [1.165, 1.54) is 0 Å². The van der Waals surface area contributed by atoms with E-state index < -0.39 is 0 Å². The number of aromatic amines is 1. The van der Waals surface area contributed by atoms with Crippen LogP contribution >= 0.6 is 0 Å². The number of ether oxygens (including phenoxy) is 1. The first-order valence-corrected chi connectivity index (χ1v) is 5.63. The van der Waals surface area contributed by atoms with E-state index in [9.17, 15) is 4.79 Å². The molecule has 0 fully saturated rings. The van der Waals surface area contributed by atoms with E-state index in [0.29, 0.717) is 18.7 Å². The molecule has 0 unspecified atom stereocenters. The molecule has 5 nitrogen and oxygen atoms in total. The van der Waals surface area contributed by atoms with Crippen LogP contribution in [0.15, 0.2) is 36.8 Å². The van der Waals surface area contributed by atoms with E-state index in [0.717, 1.165) is 11.3 Å². The number of carbonyl (C=O) groups excluding carboxylic acids is 1. The van der Waals surface area contributed by atoms with Crippen LogP contribution in [0.2, 0.25) is 0 Å². The zero-order valence-electron chi connectivity index (χ0n) is 10.1. The quantitative estimate of drug-likeness (QED) is 0.838. The Morgan fingerprint density at radius 2 is 2.28 bits per heavy atom. The summed E-state index contributed by atoms with van der Waals surface area (Å²) in [6.07, 6.45) is 3.27. The Bertz CT molecular complexity index is 509. The van der Waals surface area contributed by atoms with Crippen molar-refractivity contribution in [2.45, 2.75) is 13.2 Å². The minimum Gasteiger partial charge on any atom is -0.380 e. The Labute approximate surface area is 105 Å². The first-order chi connectivity index (χ1) is 8.81. The van der Waals surface area contributed by atoms with Crippen molar-refractivity contribution in [1.82, 2.24) is 15.3 Å². The van der Waals surface area contributed by atoms with Crippen LogP contribution in [0.1, 0.15) is 21.6 Å². The predicted molar refractivity (Wildman–Crippen MR) is 66.9 cm³/mol. The van der Waals surface area contributed by atoms with Crippen molar-refractivity contribution in [2.75, 3.05) is 7.11 Å². The lowest BCUT2D eigenvalue weighted by Gasteiger charge is -2.08. The van der Waals surface area contributed by atoms with Gasteiger partial charge in [-0.15, -0.1) is 0 Å². The Morgan fingerprint density at radius 1 is 1.44 bits per heavy atom. The van der Waals surface area contributed by atoms with Gasteiger partial charge >= 0.3 is 0 Å². The minimum absolute atomic E-state index is 0.114. The summed E-state index contributed by atoms with van der Waals surface area (Å²) in [4.78, 5) is 18.9. The number of benzene rings is 1. The first kappa shape index (κ1) is 12.3. The summed E-state index contributed by atoms with van der Waals surface area (Å²) in [5.74, 6) is -0.114. The second-order valence-corrected chi connectivity index (χ2v) is 3.85. The molecule has 2 rings (SSSR count). The van der Waals surface area contributed by atoms with Crippen molar-refractivity contribution in [2.24, 2.45) is 0 Å². The predicted octanol–water partition coefficient (Wildman–Crippen LogP) is 1.49. The van der Waals surface area contributed by atoms with Gasteiger partial charge in [-0.3, -0.25) is 4.79 Å². The van der Waals surface area contributed by atoms with E-state index >= 15 is 0 Å². The lowest BCUT2D eigenvalue weighted by atomic mass is 10.1. The van der Waals surface area contributed by atoms with Gasteiger partial charge in [0.2, 0.25) is 0 Å². The number of hydrogen-bond acceptors (Lipinski definition) is 3. The average Bonchev–Trinajstić information content (AvgIpc) is 2.90. The summed E-state index contributed by atoms with van der Waals surface area (Å²) < 4.78 is 5.07. The smallest absolute Gasteiger partial charge is 0.251 e. The maximum Gasteiger partial charge on any atom is 0.251 e. The number of rotatable bonds is 5. The highest BCUT2D eigenvalue weighted by molar-refractivity contribution is 5.95. The molecule has 1 aromatic heterocycles. The molecule has 2 N–H and O–H groups in total. The lowest BCUT2D eigenvalue weighted by Crippen LogP contribution is -2.24. The molecule has 0 aliphatic rings. The number of H-pyrrole nitrogens is 1. The van der Waals surface area contributed by atoms with E-state index in [4.69, 9.17) is 4.74 Å². The number of aromatic nitrogens is 2. The van der Waals surface area contributed by atoms with Crippen molar-refractivity contribution in [1.29, 1.82) is 0 Å².